The second-order valence-electron chi connectivity index (χ2n) is 6.04. The van der Waals surface area contributed by atoms with E-state index in [-0.39, 0.29) is 0 Å². The lowest BCUT2D eigenvalue weighted by molar-refractivity contribution is 0.112. The molecule has 1 fully saturated rings. The normalized spacial score (nSPS) is 22.6. The molecule has 1 saturated heterocycles. The Balaban J connectivity index is 2.14. The molecule has 1 unspecified atom stereocenters. The molecular weight excluding hydrogens is 208 g/mol. The molecule has 0 bridgehead atoms. The van der Waals surface area contributed by atoms with Crippen LogP contribution in [0.1, 0.15) is 59.3 Å². The molecule has 1 aliphatic rings. The van der Waals surface area contributed by atoms with Crippen molar-refractivity contribution >= 4 is 0 Å². The number of piperidine rings is 1. The Hall–Kier alpha value is -0.0800. The first-order valence-electron chi connectivity index (χ1n) is 7.53. The van der Waals surface area contributed by atoms with Crippen LogP contribution in [0.4, 0.5) is 0 Å². The predicted octanol–water partition coefficient (Wildman–Crippen LogP) is 3.28. The van der Waals surface area contributed by atoms with E-state index >= 15 is 0 Å². The van der Waals surface area contributed by atoms with Crippen molar-refractivity contribution in [2.24, 2.45) is 5.41 Å². The predicted molar refractivity (Wildman–Crippen MR) is 76.4 cm³/mol. The van der Waals surface area contributed by atoms with Crippen LogP contribution in [0.15, 0.2) is 0 Å². The summed E-state index contributed by atoms with van der Waals surface area (Å²) in [5.74, 6) is 0. The molecule has 1 atom stereocenters. The van der Waals surface area contributed by atoms with Crippen molar-refractivity contribution in [3.63, 3.8) is 0 Å². The highest BCUT2D eigenvalue weighted by Crippen LogP contribution is 2.33. The molecule has 0 aromatic rings. The molecule has 0 amide bonds. The van der Waals surface area contributed by atoms with E-state index in [4.69, 9.17) is 0 Å². The third kappa shape index (κ3) is 4.97. The Kier molecular flexibility index (Phi) is 6.50. The summed E-state index contributed by atoms with van der Waals surface area (Å²) in [4.78, 5) is 2.67. The summed E-state index contributed by atoms with van der Waals surface area (Å²) in [6, 6.07) is 0.723. The topological polar surface area (TPSA) is 15.3 Å². The number of hydrogen-bond donors (Lipinski definition) is 1. The summed E-state index contributed by atoms with van der Waals surface area (Å²) in [6.07, 6.45) is 8.07. The smallest absolute Gasteiger partial charge is 0.00619 e. The zero-order valence-corrected chi connectivity index (χ0v) is 12.4. The standard InChI is InChI=1S/C15H32N2/c1-5-14(16-4)8-7-11-17-12-9-15(3,6-2)10-13-17/h14,16H,5-13H2,1-4H3. The maximum Gasteiger partial charge on any atom is 0.00619 e. The maximum absolute atomic E-state index is 3.39. The van der Waals surface area contributed by atoms with Crippen molar-refractivity contribution in [1.82, 2.24) is 10.2 Å². The minimum absolute atomic E-state index is 0.632. The lowest BCUT2D eigenvalue weighted by Gasteiger charge is -2.39. The summed E-state index contributed by atoms with van der Waals surface area (Å²) in [5, 5.41) is 3.39. The van der Waals surface area contributed by atoms with Crippen LogP contribution in [0.3, 0.4) is 0 Å². The molecular formula is C15H32N2. The number of rotatable bonds is 7. The lowest BCUT2D eigenvalue weighted by atomic mass is 9.78. The van der Waals surface area contributed by atoms with Crippen LogP contribution in [0.5, 0.6) is 0 Å². The van der Waals surface area contributed by atoms with Gasteiger partial charge in [-0.05, 0) is 64.2 Å². The van der Waals surface area contributed by atoms with E-state index in [1.807, 2.05) is 0 Å². The Labute approximate surface area is 108 Å². The summed E-state index contributed by atoms with van der Waals surface area (Å²) < 4.78 is 0. The Morgan fingerprint density at radius 1 is 1.24 bits per heavy atom. The first-order chi connectivity index (χ1) is 8.13. The average molecular weight is 240 g/mol. The molecule has 2 nitrogen and oxygen atoms in total. The largest absolute Gasteiger partial charge is 0.317 e. The molecule has 0 aromatic heterocycles. The van der Waals surface area contributed by atoms with Crippen molar-refractivity contribution < 1.29 is 0 Å². The molecule has 102 valence electrons. The molecule has 17 heavy (non-hydrogen) atoms. The average Bonchev–Trinajstić information content (AvgIpc) is 2.37. The van der Waals surface area contributed by atoms with Gasteiger partial charge in [-0.3, -0.25) is 0 Å². The number of nitrogens with zero attached hydrogens (tertiary/aromatic N) is 1. The van der Waals surface area contributed by atoms with Gasteiger partial charge in [-0.15, -0.1) is 0 Å². The molecule has 1 N–H and O–H groups in total. The fraction of sp³-hybridized carbons (Fsp3) is 1.00. The quantitative estimate of drug-likeness (QED) is 0.735. The highest BCUT2D eigenvalue weighted by molar-refractivity contribution is 4.81. The maximum atomic E-state index is 3.39. The molecule has 0 saturated carbocycles. The third-order valence-corrected chi connectivity index (χ3v) is 4.84. The van der Waals surface area contributed by atoms with E-state index in [9.17, 15) is 0 Å². The van der Waals surface area contributed by atoms with Gasteiger partial charge >= 0.3 is 0 Å². The highest BCUT2D eigenvalue weighted by Gasteiger charge is 2.27. The molecule has 2 heteroatoms. The van der Waals surface area contributed by atoms with E-state index in [0.717, 1.165) is 6.04 Å². The molecule has 0 spiro atoms. The van der Waals surface area contributed by atoms with E-state index < -0.39 is 0 Å². The van der Waals surface area contributed by atoms with Crippen LogP contribution in [-0.2, 0) is 0 Å². The molecule has 1 rings (SSSR count). The van der Waals surface area contributed by atoms with Crippen LogP contribution < -0.4 is 5.32 Å². The van der Waals surface area contributed by atoms with Gasteiger partial charge in [-0.25, -0.2) is 0 Å². The van der Waals surface area contributed by atoms with E-state index in [0.29, 0.717) is 5.41 Å². The Morgan fingerprint density at radius 3 is 2.35 bits per heavy atom. The van der Waals surface area contributed by atoms with Gasteiger partial charge in [-0.1, -0.05) is 27.2 Å². The summed E-state index contributed by atoms with van der Waals surface area (Å²) in [7, 11) is 2.09. The Morgan fingerprint density at radius 2 is 1.88 bits per heavy atom. The van der Waals surface area contributed by atoms with Crippen LogP contribution in [0.25, 0.3) is 0 Å². The van der Waals surface area contributed by atoms with Gasteiger partial charge < -0.3 is 10.2 Å². The van der Waals surface area contributed by atoms with E-state index in [2.05, 4.69) is 38.0 Å². The van der Waals surface area contributed by atoms with Crippen molar-refractivity contribution in [3.8, 4) is 0 Å². The summed E-state index contributed by atoms with van der Waals surface area (Å²) in [5.41, 5.74) is 0.632. The minimum atomic E-state index is 0.632. The number of hydrogen-bond acceptors (Lipinski definition) is 2. The first-order valence-corrected chi connectivity index (χ1v) is 7.53. The third-order valence-electron chi connectivity index (χ3n) is 4.84. The van der Waals surface area contributed by atoms with Crippen LogP contribution in [0, 0.1) is 5.41 Å². The van der Waals surface area contributed by atoms with Gasteiger partial charge in [0, 0.05) is 6.04 Å². The van der Waals surface area contributed by atoms with E-state index in [1.165, 1.54) is 58.2 Å². The van der Waals surface area contributed by atoms with Gasteiger partial charge in [0.05, 0.1) is 0 Å². The number of nitrogens with one attached hydrogen (secondary N) is 1. The first kappa shape index (κ1) is 15.0. The second-order valence-corrected chi connectivity index (χ2v) is 6.04. The van der Waals surface area contributed by atoms with Crippen LogP contribution in [0.2, 0.25) is 0 Å². The SMILES string of the molecule is CCC(CCCN1CCC(C)(CC)CC1)NC. The van der Waals surface area contributed by atoms with Crippen molar-refractivity contribution in [2.45, 2.75) is 65.3 Å². The monoisotopic (exact) mass is 240 g/mol. The van der Waals surface area contributed by atoms with Gasteiger partial charge in [-0.2, -0.15) is 0 Å². The van der Waals surface area contributed by atoms with Crippen LogP contribution >= 0.6 is 0 Å². The van der Waals surface area contributed by atoms with Crippen molar-refractivity contribution in [1.29, 1.82) is 0 Å². The fourth-order valence-corrected chi connectivity index (χ4v) is 2.78. The van der Waals surface area contributed by atoms with E-state index in [1.54, 1.807) is 0 Å². The van der Waals surface area contributed by atoms with Crippen molar-refractivity contribution in [2.75, 3.05) is 26.7 Å². The lowest BCUT2D eigenvalue weighted by Crippen LogP contribution is -2.39. The fourth-order valence-electron chi connectivity index (χ4n) is 2.78. The summed E-state index contributed by atoms with van der Waals surface area (Å²) in [6.45, 7) is 11.0. The zero-order chi connectivity index (χ0) is 12.7. The molecule has 0 aliphatic carbocycles. The number of likely N-dealkylation sites (tertiary alicyclic amines) is 1. The van der Waals surface area contributed by atoms with Gasteiger partial charge in [0.25, 0.3) is 0 Å². The van der Waals surface area contributed by atoms with Crippen LogP contribution in [-0.4, -0.2) is 37.6 Å². The zero-order valence-electron chi connectivity index (χ0n) is 12.4. The second kappa shape index (κ2) is 7.38. The van der Waals surface area contributed by atoms with Crippen molar-refractivity contribution in [3.05, 3.63) is 0 Å². The molecule has 0 aromatic carbocycles. The highest BCUT2D eigenvalue weighted by atomic mass is 15.1. The Bertz CT molecular complexity index is 191. The van der Waals surface area contributed by atoms with Gasteiger partial charge in [0.2, 0.25) is 0 Å². The van der Waals surface area contributed by atoms with Gasteiger partial charge in [0.1, 0.15) is 0 Å². The molecule has 1 aliphatic heterocycles. The summed E-state index contributed by atoms with van der Waals surface area (Å²) >= 11 is 0. The molecule has 0 radical (unpaired) electrons. The van der Waals surface area contributed by atoms with Gasteiger partial charge in [0.15, 0.2) is 0 Å². The minimum Gasteiger partial charge on any atom is -0.317 e. The molecule has 1 heterocycles.